The van der Waals surface area contributed by atoms with Gasteiger partial charge in [-0.15, -0.1) is 11.8 Å². The summed E-state index contributed by atoms with van der Waals surface area (Å²) in [5, 5.41) is 2.86. The van der Waals surface area contributed by atoms with Gasteiger partial charge in [-0.1, -0.05) is 29.8 Å². The molecule has 31 heavy (non-hydrogen) atoms. The van der Waals surface area contributed by atoms with Crippen LogP contribution < -0.4 is 10.1 Å². The molecule has 3 aromatic carbocycles. The predicted molar refractivity (Wildman–Crippen MR) is 130 cm³/mol. The first kappa shape index (κ1) is 21.3. The van der Waals surface area contributed by atoms with E-state index in [9.17, 15) is 0 Å². The molecule has 0 spiro atoms. The van der Waals surface area contributed by atoms with Crippen molar-refractivity contribution < 1.29 is 9.15 Å². The average Bonchev–Trinajstić information content (AvgIpc) is 2.97. The van der Waals surface area contributed by atoms with E-state index in [1.807, 2.05) is 32.9 Å². The Labute approximate surface area is 187 Å². The summed E-state index contributed by atoms with van der Waals surface area (Å²) in [5.41, 5.74) is 4.32. The van der Waals surface area contributed by atoms with Crippen LogP contribution in [0.5, 0.6) is 5.75 Å². The Morgan fingerprint density at radius 3 is 2.16 bits per heavy atom. The molecule has 4 aromatic rings. The third-order valence-electron chi connectivity index (χ3n) is 5.35. The minimum Gasteiger partial charge on any atom is -0.493 e. The van der Waals surface area contributed by atoms with Gasteiger partial charge in [-0.2, -0.15) is 0 Å². The van der Waals surface area contributed by atoms with Crippen LogP contribution in [-0.4, -0.2) is 12.9 Å². The van der Waals surface area contributed by atoms with Crippen LogP contribution in [-0.2, 0) is 0 Å². The van der Waals surface area contributed by atoms with Crippen molar-refractivity contribution in [1.29, 1.82) is 0 Å². The van der Waals surface area contributed by atoms with Crippen molar-refractivity contribution in [3.05, 3.63) is 83.1 Å². The molecule has 158 valence electrons. The fourth-order valence-corrected chi connectivity index (χ4v) is 4.24. The first-order chi connectivity index (χ1) is 15.0. The van der Waals surface area contributed by atoms with Crippen molar-refractivity contribution in [2.75, 3.05) is 12.9 Å². The maximum atomic E-state index is 6.10. The Kier molecular flexibility index (Phi) is 6.19. The lowest BCUT2D eigenvalue weighted by molar-refractivity contribution is 0.344. The molecule has 1 heterocycles. The van der Waals surface area contributed by atoms with Gasteiger partial charge >= 0.3 is 0 Å². The molecule has 4 heteroatoms. The second-order valence-electron chi connectivity index (χ2n) is 7.57. The van der Waals surface area contributed by atoms with E-state index in [1.54, 1.807) is 11.8 Å². The smallest absolute Gasteiger partial charge is 0.131 e. The van der Waals surface area contributed by atoms with E-state index in [0.717, 1.165) is 50.2 Å². The molecule has 0 saturated heterocycles. The SMILES string of the molecule is CCOc1cc(-c2ccc(SC)cc2)cc(=Nc2ccc(C)cc2)c2c(C)oc(C)c12. The lowest BCUT2D eigenvalue weighted by Crippen LogP contribution is -2.00. The quantitative estimate of drug-likeness (QED) is 0.310. The molecule has 0 radical (unpaired) electrons. The molecule has 0 aliphatic rings. The number of benzene rings is 2. The molecule has 0 aliphatic heterocycles. The minimum atomic E-state index is 0.581. The molecule has 0 fully saturated rings. The summed E-state index contributed by atoms with van der Waals surface area (Å²) >= 11 is 1.74. The fraction of sp³-hybridized carbons (Fsp3) is 0.222. The molecule has 0 atom stereocenters. The van der Waals surface area contributed by atoms with Gasteiger partial charge in [0.1, 0.15) is 17.3 Å². The number of fused-ring (bicyclic) bond motifs is 1. The summed E-state index contributed by atoms with van der Waals surface area (Å²) < 4.78 is 12.1. The Morgan fingerprint density at radius 1 is 0.839 bits per heavy atom. The monoisotopic (exact) mass is 429 g/mol. The van der Waals surface area contributed by atoms with Gasteiger partial charge in [0.15, 0.2) is 0 Å². The molecule has 0 bridgehead atoms. The number of furan rings is 1. The third-order valence-corrected chi connectivity index (χ3v) is 6.09. The van der Waals surface area contributed by atoms with Crippen molar-refractivity contribution in [2.24, 2.45) is 4.99 Å². The lowest BCUT2D eigenvalue weighted by Gasteiger charge is -2.05. The predicted octanol–water partition coefficient (Wildman–Crippen LogP) is 7.38. The third kappa shape index (κ3) is 4.40. The van der Waals surface area contributed by atoms with E-state index in [1.165, 1.54) is 10.5 Å². The maximum absolute atomic E-state index is 6.10. The van der Waals surface area contributed by atoms with Crippen LogP contribution in [0.4, 0.5) is 5.69 Å². The van der Waals surface area contributed by atoms with Gasteiger partial charge in [-0.3, -0.25) is 0 Å². The van der Waals surface area contributed by atoms with Crippen molar-refractivity contribution in [1.82, 2.24) is 0 Å². The first-order valence-electron chi connectivity index (χ1n) is 10.5. The highest BCUT2D eigenvalue weighted by molar-refractivity contribution is 7.98. The number of hydrogen-bond acceptors (Lipinski definition) is 4. The Balaban J connectivity index is 2.08. The van der Waals surface area contributed by atoms with Crippen LogP contribution in [0.1, 0.15) is 24.0 Å². The number of ether oxygens (including phenoxy) is 1. The van der Waals surface area contributed by atoms with Gasteiger partial charge in [-0.25, -0.2) is 4.99 Å². The molecule has 0 N–H and O–H groups in total. The van der Waals surface area contributed by atoms with Crippen LogP contribution >= 0.6 is 11.8 Å². The summed E-state index contributed by atoms with van der Waals surface area (Å²) in [4.78, 5) is 6.26. The van der Waals surface area contributed by atoms with Crippen molar-refractivity contribution in [2.45, 2.75) is 32.6 Å². The Hall–Kier alpha value is -2.98. The zero-order chi connectivity index (χ0) is 22.0. The number of hydrogen-bond donors (Lipinski definition) is 0. The minimum absolute atomic E-state index is 0.581. The van der Waals surface area contributed by atoms with E-state index in [-0.39, 0.29) is 0 Å². The topological polar surface area (TPSA) is 34.7 Å². The first-order valence-corrected chi connectivity index (χ1v) is 11.7. The molecule has 0 aliphatic carbocycles. The molecular formula is C27H27NO2S. The standard InChI is InChI=1S/C27H27NO2S/c1-6-29-25-16-21(20-9-13-23(31-5)14-10-20)15-24(26-18(3)30-19(4)27(25)26)28-22-11-7-17(2)8-12-22/h7-16H,6H2,1-5H3. The number of aryl methyl sites for hydroxylation is 3. The molecule has 0 saturated carbocycles. The van der Waals surface area contributed by atoms with E-state index in [2.05, 4.69) is 61.7 Å². The number of thioether (sulfide) groups is 1. The maximum Gasteiger partial charge on any atom is 0.131 e. The fourth-order valence-electron chi connectivity index (χ4n) is 3.83. The zero-order valence-electron chi connectivity index (χ0n) is 18.7. The van der Waals surface area contributed by atoms with Crippen molar-refractivity contribution >= 4 is 28.2 Å². The summed E-state index contributed by atoms with van der Waals surface area (Å²) in [6.07, 6.45) is 2.09. The molecule has 1 aromatic heterocycles. The van der Waals surface area contributed by atoms with Gasteiger partial charge in [0, 0.05) is 4.90 Å². The second-order valence-corrected chi connectivity index (χ2v) is 8.45. The summed E-state index contributed by atoms with van der Waals surface area (Å²) in [5.74, 6) is 2.51. The molecular weight excluding hydrogens is 402 g/mol. The molecule has 0 unspecified atom stereocenters. The van der Waals surface area contributed by atoms with Crippen LogP contribution in [0, 0.1) is 20.8 Å². The highest BCUT2D eigenvalue weighted by Gasteiger charge is 2.15. The largest absolute Gasteiger partial charge is 0.493 e. The van der Waals surface area contributed by atoms with E-state index < -0.39 is 0 Å². The van der Waals surface area contributed by atoms with Crippen LogP contribution in [0.2, 0.25) is 0 Å². The van der Waals surface area contributed by atoms with Crippen molar-refractivity contribution in [3.8, 4) is 16.9 Å². The van der Waals surface area contributed by atoms with Gasteiger partial charge < -0.3 is 9.15 Å². The molecule has 0 amide bonds. The average molecular weight is 430 g/mol. The zero-order valence-corrected chi connectivity index (χ0v) is 19.5. The normalized spacial score (nSPS) is 11.8. The Bertz CT molecular complexity index is 1290. The van der Waals surface area contributed by atoms with E-state index in [4.69, 9.17) is 14.1 Å². The van der Waals surface area contributed by atoms with Gasteiger partial charge in [0.2, 0.25) is 0 Å². The Morgan fingerprint density at radius 2 is 1.52 bits per heavy atom. The van der Waals surface area contributed by atoms with Gasteiger partial charge in [0.05, 0.1) is 28.4 Å². The summed E-state index contributed by atoms with van der Waals surface area (Å²) in [6.45, 7) is 8.65. The van der Waals surface area contributed by atoms with Gasteiger partial charge in [0.25, 0.3) is 0 Å². The van der Waals surface area contributed by atoms with Crippen LogP contribution in [0.3, 0.4) is 0 Å². The van der Waals surface area contributed by atoms with E-state index in [0.29, 0.717) is 6.61 Å². The van der Waals surface area contributed by atoms with Crippen LogP contribution in [0.25, 0.3) is 21.9 Å². The molecule has 3 nitrogen and oxygen atoms in total. The summed E-state index contributed by atoms with van der Waals surface area (Å²) in [6, 6.07) is 21.1. The number of nitrogens with zero attached hydrogens (tertiary/aromatic N) is 1. The highest BCUT2D eigenvalue weighted by atomic mass is 32.2. The van der Waals surface area contributed by atoms with E-state index >= 15 is 0 Å². The second kappa shape index (κ2) is 9.03. The van der Waals surface area contributed by atoms with Gasteiger partial charge in [-0.05, 0) is 81.5 Å². The molecule has 4 rings (SSSR count). The highest BCUT2D eigenvalue weighted by Crippen LogP contribution is 2.34. The lowest BCUT2D eigenvalue weighted by atomic mass is 10.1. The number of rotatable bonds is 5. The van der Waals surface area contributed by atoms with Crippen molar-refractivity contribution in [3.63, 3.8) is 0 Å². The summed E-state index contributed by atoms with van der Waals surface area (Å²) in [7, 11) is 0. The van der Waals surface area contributed by atoms with Crippen LogP contribution in [0.15, 0.2) is 75.0 Å².